The molecule has 0 bridgehead atoms. The van der Waals surface area contributed by atoms with Crippen LogP contribution in [0.5, 0.6) is 0 Å². The zero-order chi connectivity index (χ0) is 12.3. The minimum atomic E-state index is -0.842. The molecule has 0 aliphatic heterocycles. The first kappa shape index (κ1) is 11.3. The summed E-state index contributed by atoms with van der Waals surface area (Å²) in [6.45, 7) is 1.78. The molecular weight excluding hydrogens is 218 g/mol. The van der Waals surface area contributed by atoms with Crippen molar-refractivity contribution < 1.29 is 9.90 Å². The normalized spacial score (nSPS) is 12.3. The Morgan fingerprint density at radius 3 is 3.00 bits per heavy atom. The average molecular weight is 231 g/mol. The van der Waals surface area contributed by atoms with Gasteiger partial charge in [0.2, 0.25) is 5.95 Å². The molecule has 0 aliphatic rings. The highest BCUT2D eigenvalue weighted by atomic mass is 16.4. The third-order valence-electron chi connectivity index (χ3n) is 2.35. The molecule has 0 amide bonds. The summed E-state index contributed by atoms with van der Waals surface area (Å²) >= 11 is 0. The predicted octanol–water partition coefficient (Wildman–Crippen LogP) is 1.90. The number of anilines is 1. The lowest BCUT2D eigenvalue weighted by molar-refractivity contribution is -0.137. The van der Waals surface area contributed by atoms with E-state index < -0.39 is 5.97 Å². The molecule has 1 aromatic heterocycles. The van der Waals surface area contributed by atoms with E-state index in [-0.39, 0.29) is 12.5 Å². The van der Waals surface area contributed by atoms with Crippen LogP contribution in [-0.4, -0.2) is 27.1 Å². The van der Waals surface area contributed by atoms with Crippen LogP contribution in [0.25, 0.3) is 10.9 Å². The number of nitrogens with zero attached hydrogens (tertiary/aromatic N) is 2. The van der Waals surface area contributed by atoms with Crippen LogP contribution < -0.4 is 5.32 Å². The summed E-state index contributed by atoms with van der Waals surface area (Å²) in [5.41, 5.74) is 0.840. The summed E-state index contributed by atoms with van der Waals surface area (Å²) in [5.74, 6) is -0.386. The number of hydrogen-bond acceptors (Lipinski definition) is 4. The monoisotopic (exact) mass is 231 g/mol. The maximum Gasteiger partial charge on any atom is 0.305 e. The maximum atomic E-state index is 10.5. The molecule has 2 aromatic rings. The lowest BCUT2D eigenvalue weighted by Crippen LogP contribution is -2.20. The number of carbonyl (C=O) groups is 1. The number of hydrogen-bond donors (Lipinski definition) is 2. The second kappa shape index (κ2) is 4.78. The zero-order valence-corrected chi connectivity index (χ0v) is 9.42. The SMILES string of the molecule is CC(CC(=O)O)Nc1ncc2ccccc2n1. The van der Waals surface area contributed by atoms with Crippen LogP contribution in [0.2, 0.25) is 0 Å². The molecule has 17 heavy (non-hydrogen) atoms. The van der Waals surface area contributed by atoms with Crippen molar-refractivity contribution >= 4 is 22.8 Å². The Labute approximate surface area is 98.5 Å². The van der Waals surface area contributed by atoms with E-state index in [1.54, 1.807) is 13.1 Å². The van der Waals surface area contributed by atoms with E-state index >= 15 is 0 Å². The number of fused-ring (bicyclic) bond motifs is 1. The summed E-state index contributed by atoms with van der Waals surface area (Å²) in [4.78, 5) is 19.0. The van der Waals surface area contributed by atoms with Crippen LogP contribution >= 0.6 is 0 Å². The zero-order valence-electron chi connectivity index (χ0n) is 9.42. The van der Waals surface area contributed by atoms with Crippen molar-refractivity contribution in [3.8, 4) is 0 Å². The van der Waals surface area contributed by atoms with Gasteiger partial charge in [-0.15, -0.1) is 0 Å². The van der Waals surface area contributed by atoms with Gasteiger partial charge in [0.15, 0.2) is 0 Å². The first-order chi connectivity index (χ1) is 8.15. The van der Waals surface area contributed by atoms with Gasteiger partial charge in [-0.05, 0) is 13.0 Å². The first-order valence-electron chi connectivity index (χ1n) is 5.35. The number of carboxylic acid groups (broad SMARTS) is 1. The summed E-state index contributed by atoms with van der Waals surface area (Å²) in [7, 11) is 0. The summed E-state index contributed by atoms with van der Waals surface area (Å²) in [5, 5.41) is 12.6. The Morgan fingerprint density at radius 1 is 1.47 bits per heavy atom. The number of benzene rings is 1. The number of aliphatic carboxylic acids is 1. The van der Waals surface area contributed by atoms with Crippen molar-refractivity contribution in [2.24, 2.45) is 0 Å². The van der Waals surface area contributed by atoms with Crippen LogP contribution in [0.4, 0.5) is 5.95 Å². The van der Waals surface area contributed by atoms with Crippen molar-refractivity contribution in [3.63, 3.8) is 0 Å². The Kier molecular flexibility index (Phi) is 3.18. The highest BCUT2D eigenvalue weighted by Gasteiger charge is 2.08. The van der Waals surface area contributed by atoms with Gasteiger partial charge in [0.25, 0.3) is 0 Å². The Bertz CT molecular complexity index is 542. The van der Waals surface area contributed by atoms with Gasteiger partial charge in [-0.1, -0.05) is 18.2 Å². The number of aromatic nitrogens is 2. The molecule has 1 unspecified atom stereocenters. The van der Waals surface area contributed by atoms with E-state index in [9.17, 15) is 4.79 Å². The van der Waals surface area contributed by atoms with Gasteiger partial charge in [-0.3, -0.25) is 4.79 Å². The van der Waals surface area contributed by atoms with E-state index in [0.29, 0.717) is 5.95 Å². The Morgan fingerprint density at radius 2 is 2.24 bits per heavy atom. The van der Waals surface area contributed by atoms with Crippen LogP contribution in [0.3, 0.4) is 0 Å². The molecule has 5 nitrogen and oxygen atoms in total. The molecule has 2 N–H and O–H groups in total. The van der Waals surface area contributed by atoms with Gasteiger partial charge in [0, 0.05) is 17.6 Å². The fraction of sp³-hybridized carbons (Fsp3) is 0.250. The topological polar surface area (TPSA) is 75.1 Å². The predicted molar refractivity (Wildman–Crippen MR) is 64.9 cm³/mol. The van der Waals surface area contributed by atoms with Crippen LogP contribution in [0.15, 0.2) is 30.5 Å². The molecular formula is C12H13N3O2. The second-order valence-corrected chi connectivity index (χ2v) is 3.90. The van der Waals surface area contributed by atoms with Crippen molar-refractivity contribution in [1.82, 2.24) is 9.97 Å². The number of rotatable bonds is 4. The van der Waals surface area contributed by atoms with Gasteiger partial charge in [0.05, 0.1) is 11.9 Å². The first-order valence-corrected chi connectivity index (χ1v) is 5.35. The van der Waals surface area contributed by atoms with Gasteiger partial charge >= 0.3 is 5.97 Å². The van der Waals surface area contributed by atoms with Crippen molar-refractivity contribution in [3.05, 3.63) is 30.5 Å². The van der Waals surface area contributed by atoms with Crippen LogP contribution in [0.1, 0.15) is 13.3 Å². The molecule has 2 rings (SSSR count). The quantitative estimate of drug-likeness (QED) is 0.840. The highest BCUT2D eigenvalue weighted by molar-refractivity contribution is 5.78. The number of para-hydroxylation sites is 1. The Balaban J connectivity index is 2.16. The second-order valence-electron chi connectivity index (χ2n) is 3.90. The largest absolute Gasteiger partial charge is 0.481 e. The van der Waals surface area contributed by atoms with E-state index in [2.05, 4.69) is 15.3 Å². The van der Waals surface area contributed by atoms with Gasteiger partial charge in [-0.25, -0.2) is 9.97 Å². The van der Waals surface area contributed by atoms with Gasteiger partial charge in [-0.2, -0.15) is 0 Å². The summed E-state index contributed by atoms with van der Waals surface area (Å²) in [6.07, 6.45) is 1.76. The molecule has 5 heteroatoms. The maximum absolute atomic E-state index is 10.5. The number of nitrogens with one attached hydrogen (secondary N) is 1. The molecule has 0 spiro atoms. The third kappa shape index (κ3) is 2.90. The summed E-state index contributed by atoms with van der Waals surface area (Å²) < 4.78 is 0. The molecule has 0 saturated carbocycles. The smallest absolute Gasteiger partial charge is 0.305 e. The molecule has 1 aromatic carbocycles. The van der Waals surface area contributed by atoms with Crippen LogP contribution in [0, 0.1) is 0 Å². The molecule has 1 atom stereocenters. The van der Waals surface area contributed by atoms with Crippen molar-refractivity contribution in [2.45, 2.75) is 19.4 Å². The fourth-order valence-electron chi connectivity index (χ4n) is 1.58. The molecule has 88 valence electrons. The van der Waals surface area contributed by atoms with Crippen molar-refractivity contribution in [2.75, 3.05) is 5.32 Å². The van der Waals surface area contributed by atoms with Crippen LogP contribution in [-0.2, 0) is 4.79 Å². The van der Waals surface area contributed by atoms with Crippen molar-refractivity contribution in [1.29, 1.82) is 0 Å². The van der Waals surface area contributed by atoms with E-state index in [0.717, 1.165) is 10.9 Å². The standard InChI is InChI=1S/C12H13N3O2/c1-8(6-11(16)17)14-12-13-7-9-4-2-3-5-10(9)15-12/h2-5,7-8H,6H2,1H3,(H,16,17)(H,13,14,15). The molecule has 0 aliphatic carbocycles. The average Bonchev–Trinajstić information content (AvgIpc) is 2.27. The fourth-order valence-corrected chi connectivity index (χ4v) is 1.58. The lowest BCUT2D eigenvalue weighted by Gasteiger charge is -2.11. The van der Waals surface area contributed by atoms with E-state index in [1.807, 2.05) is 24.3 Å². The lowest BCUT2D eigenvalue weighted by atomic mass is 10.2. The molecule has 0 radical (unpaired) electrons. The van der Waals surface area contributed by atoms with Gasteiger partial charge < -0.3 is 10.4 Å². The van der Waals surface area contributed by atoms with Gasteiger partial charge in [0.1, 0.15) is 0 Å². The number of carboxylic acids is 1. The molecule has 1 heterocycles. The molecule has 0 fully saturated rings. The minimum Gasteiger partial charge on any atom is -0.481 e. The van der Waals surface area contributed by atoms with E-state index in [1.165, 1.54) is 0 Å². The highest BCUT2D eigenvalue weighted by Crippen LogP contribution is 2.12. The molecule has 0 saturated heterocycles. The minimum absolute atomic E-state index is 0.0379. The summed E-state index contributed by atoms with van der Waals surface area (Å²) in [6, 6.07) is 7.45. The Hall–Kier alpha value is -2.17. The third-order valence-corrected chi connectivity index (χ3v) is 2.35. The van der Waals surface area contributed by atoms with E-state index in [4.69, 9.17) is 5.11 Å².